The summed E-state index contributed by atoms with van der Waals surface area (Å²) in [5.41, 5.74) is 2.06. The Bertz CT molecular complexity index is 637. The highest BCUT2D eigenvalue weighted by Gasteiger charge is 2.33. The van der Waals surface area contributed by atoms with E-state index in [-0.39, 0.29) is 17.8 Å². The van der Waals surface area contributed by atoms with E-state index >= 15 is 0 Å². The van der Waals surface area contributed by atoms with Crippen molar-refractivity contribution in [2.75, 3.05) is 7.11 Å². The van der Waals surface area contributed by atoms with Gasteiger partial charge in [0.25, 0.3) is 0 Å². The van der Waals surface area contributed by atoms with E-state index in [1.165, 1.54) is 7.11 Å². The Morgan fingerprint density at radius 3 is 2.55 bits per heavy atom. The first-order valence-electron chi connectivity index (χ1n) is 6.43. The number of aromatic hydroxyl groups is 1. The van der Waals surface area contributed by atoms with Crippen LogP contribution in [0.3, 0.4) is 0 Å². The average Bonchev–Trinajstić information content (AvgIpc) is 2.76. The van der Waals surface area contributed by atoms with Gasteiger partial charge in [0.2, 0.25) is 0 Å². The second kappa shape index (κ2) is 4.91. The summed E-state index contributed by atoms with van der Waals surface area (Å²) in [5.74, 6) is 1.47. The predicted octanol–water partition coefficient (Wildman–Crippen LogP) is 4.29. The number of rotatable bonds is 2. The van der Waals surface area contributed by atoms with Crippen molar-refractivity contribution >= 4 is 11.6 Å². The first-order valence-corrected chi connectivity index (χ1v) is 6.81. The Kier molecular flexibility index (Phi) is 3.22. The quantitative estimate of drug-likeness (QED) is 0.896. The summed E-state index contributed by atoms with van der Waals surface area (Å²) in [4.78, 5) is 0. The van der Waals surface area contributed by atoms with Crippen LogP contribution in [0.1, 0.15) is 30.1 Å². The van der Waals surface area contributed by atoms with Crippen molar-refractivity contribution in [3.8, 4) is 17.2 Å². The van der Waals surface area contributed by atoms with Crippen molar-refractivity contribution in [3.05, 3.63) is 52.5 Å². The van der Waals surface area contributed by atoms with Crippen molar-refractivity contribution in [2.45, 2.75) is 18.9 Å². The Morgan fingerprint density at radius 2 is 1.90 bits per heavy atom. The molecule has 0 fully saturated rings. The maximum atomic E-state index is 9.89. The summed E-state index contributed by atoms with van der Waals surface area (Å²) < 4.78 is 11.1. The standard InChI is InChI=1S/C16H15ClO3/c1-9-12-7-13(18)15(19-2)8-14(12)20-16(9)10-3-5-11(17)6-4-10/h3-9,16,18H,1-2H3/t9-,16-/m1/s1. The molecule has 0 radical (unpaired) electrons. The van der Waals surface area contributed by atoms with Crippen LogP contribution in [-0.2, 0) is 0 Å². The molecule has 0 aromatic heterocycles. The first-order chi connectivity index (χ1) is 9.60. The van der Waals surface area contributed by atoms with Gasteiger partial charge >= 0.3 is 0 Å². The maximum absolute atomic E-state index is 9.89. The van der Waals surface area contributed by atoms with Gasteiger partial charge in [-0.1, -0.05) is 30.7 Å². The highest BCUT2D eigenvalue weighted by atomic mass is 35.5. The minimum atomic E-state index is -0.0752. The zero-order valence-electron chi connectivity index (χ0n) is 11.3. The second-order valence-electron chi connectivity index (χ2n) is 4.94. The lowest BCUT2D eigenvalue weighted by molar-refractivity contribution is 0.215. The lowest BCUT2D eigenvalue weighted by Crippen LogP contribution is -2.06. The molecule has 104 valence electrons. The molecule has 0 saturated heterocycles. The van der Waals surface area contributed by atoms with E-state index in [0.29, 0.717) is 10.8 Å². The molecule has 3 nitrogen and oxygen atoms in total. The van der Waals surface area contributed by atoms with Gasteiger partial charge in [0.1, 0.15) is 11.9 Å². The van der Waals surface area contributed by atoms with Crippen LogP contribution >= 0.6 is 11.6 Å². The molecule has 0 unspecified atom stereocenters. The summed E-state index contributed by atoms with van der Waals surface area (Å²) in [6.45, 7) is 2.08. The lowest BCUT2D eigenvalue weighted by Gasteiger charge is -2.15. The minimum Gasteiger partial charge on any atom is -0.504 e. The van der Waals surface area contributed by atoms with Gasteiger partial charge in [-0.2, -0.15) is 0 Å². The average molecular weight is 291 g/mol. The molecule has 0 saturated carbocycles. The summed E-state index contributed by atoms with van der Waals surface area (Å²) in [6, 6.07) is 11.1. The second-order valence-corrected chi connectivity index (χ2v) is 5.38. The summed E-state index contributed by atoms with van der Waals surface area (Å²) in [5, 5.41) is 10.6. The molecule has 1 heterocycles. The van der Waals surface area contributed by atoms with E-state index in [0.717, 1.165) is 16.9 Å². The first kappa shape index (κ1) is 13.1. The van der Waals surface area contributed by atoms with Crippen molar-refractivity contribution in [1.82, 2.24) is 0 Å². The third kappa shape index (κ3) is 2.08. The van der Waals surface area contributed by atoms with E-state index in [1.807, 2.05) is 24.3 Å². The van der Waals surface area contributed by atoms with Gasteiger partial charge in [-0.3, -0.25) is 0 Å². The Labute approximate surface area is 122 Å². The minimum absolute atomic E-state index is 0.0752. The number of methoxy groups -OCH3 is 1. The summed E-state index contributed by atoms with van der Waals surface area (Å²) >= 11 is 5.91. The molecule has 20 heavy (non-hydrogen) atoms. The van der Waals surface area contributed by atoms with Gasteiger partial charge in [-0.25, -0.2) is 0 Å². The van der Waals surface area contributed by atoms with Crippen LogP contribution in [0.25, 0.3) is 0 Å². The van der Waals surface area contributed by atoms with Crippen molar-refractivity contribution < 1.29 is 14.6 Å². The number of fused-ring (bicyclic) bond motifs is 1. The molecule has 1 aliphatic rings. The summed E-state index contributed by atoms with van der Waals surface area (Å²) in [7, 11) is 1.52. The SMILES string of the molecule is COc1cc2c(cc1O)[C@@H](C)[C@H](c1ccc(Cl)cc1)O2. The van der Waals surface area contributed by atoms with Crippen molar-refractivity contribution in [3.63, 3.8) is 0 Å². The fourth-order valence-corrected chi connectivity index (χ4v) is 2.72. The largest absolute Gasteiger partial charge is 0.504 e. The normalized spacial score (nSPS) is 20.4. The molecule has 2 aromatic rings. The molecule has 0 aliphatic carbocycles. The Balaban J connectivity index is 1.97. The number of hydrogen-bond acceptors (Lipinski definition) is 3. The van der Waals surface area contributed by atoms with Gasteiger partial charge in [0.15, 0.2) is 11.5 Å². The van der Waals surface area contributed by atoms with Crippen LogP contribution in [-0.4, -0.2) is 12.2 Å². The molecule has 2 atom stereocenters. The number of phenols is 1. The zero-order valence-corrected chi connectivity index (χ0v) is 12.0. The van der Waals surface area contributed by atoms with Crippen LogP contribution in [0.15, 0.2) is 36.4 Å². The van der Waals surface area contributed by atoms with Crippen LogP contribution in [0, 0.1) is 0 Å². The zero-order chi connectivity index (χ0) is 14.3. The van der Waals surface area contributed by atoms with E-state index in [9.17, 15) is 5.11 Å². The fraction of sp³-hybridized carbons (Fsp3) is 0.250. The third-order valence-electron chi connectivity index (χ3n) is 3.71. The molecular formula is C16H15ClO3. The number of hydrogen-bond donors (Lipinski definition) is 1. The topological polar surface area (TPSA) is 38.7 Å². The molecule has 0 bridgehead atoms. The highest BCUT2D eigenvalue weighted by Crippen LogP contribution is 2.49. The molecule has 1 aliphatic heterocycles. The van der Waals surface area contributed by atoms with E-state index in [2.05, 4.69) is 6.92 Å². The third-order valence-corrected chi connectivity index (χ3v) is 3.96. The van der Waals surface area contributed by atoms with Crippen LogP contribution < -0.4 is 9.47 Å². The molecule has 1 N–H and O–H groups in total. The van der Waals surface area contributed by atoms with Gasteiger partial charge in [0, 0.05) is 22.6 Å². The van der Waals surface area contributed by atoms with Crippen LogP contribution in [0.2, 0.25) is 5.02 Å². The van der Waals surface area contributed by atoms with E-state index in [4.69, 9.17) is 21.1 Å². The van der Waals surface area contributed by atoms with E-state index in [1.54, 1.807) is 12.1 Å². The lowest BCUT2D eigenvalue weighted by atomic mass is 9.93. The van der Waals surface area contributed by atoms with Gasteiger partial charge in [0.05, 0.1) is 7.11 Å². The van der Waals surface area contributed by atoms with Crippen LogP contribution in [0.4, 0.5) is 0 Å². The van der Waals surface area contributed by atoms with Crippen molar-refractivity contribution in [1.29, 1.82) is 0 Å². The Hall–Kier alpha value is -1.87. The van der Waals surface area contributed by atoms with Crippen molar-refractivity contribution in [2.24, 2.45) is 0 Å². The number of benzene rings is 2. The van der Waals surface area contributed by atoms with Crippen LogP contribution in [0.5, 0.6) is 17.2 Å². The molecule has 3 rings (SSSR count). The molecular weight excluding hydrogens is 276 g/mol. The molecule has 0 spiro atoms. The fourth-order valence-electron chi connectivity index (χ4n) is 2.60. The molecule has 4 heteroatoms. The predicted molar refractivity (Wildman–Crippen MR) is 77.9 cm³/mol. The Morgan fingerprint density at radius 1 is 1.20 bits per heavy atom. The van der Waals surface area contributed by atoms with Gasteiger partial charge in [-0.15, -0.1) is 0 Å². The molecule has 0 amide bonds. The smallest absolute Gasteiger partial charge is 0.164 e. The number of ether oxygens (including phenoxy) is 2. The van der Waals surface area contributed by atoms with E-state index < -0.39 is 0 Å². The van der Waals surface area contributed by atoms with Gasteiger partial charge in [-0.05, 0) is 23.8 Å². The van der Waals surface area contributed by atoms with Gasteiger partial charge < -0.3 is 14.6 Å². The summed E-state index contributed by atoms with van der Waals surface area (Å²) in [6.07, 6.45) is -0.0752. The maximum Gasteiger partial charge on any atom is 0.164 e. The number of halogens is 1. The highest BCUT2D eigenvalue weighted by molar-refractivity contribution is 6.30. The monoisotopic (exact) mass is 290 g/mol. The number of phenolic OH excluding ortho intramolecular Hbond substituents is 1. The molecule has 2 aromatic carbocycles.